The maximum absolute atomic E-state index is 13.8. The molecule has 0 amide bonds. The van der Waals surface area contributed by atoms with Crippen LogP contribution in [-0.2, 0) is 6.42 Å². The number of aryl methyl sites for hydroxylation is 1. The summed E-state index contributed by atoms with van der Waals surface area (Å²) in [5.41, 5.74) is 0.224. The van der Waals surface area contributed by atoms with Crippen molar-refractivity contribution in [2.45, 2.75) is 122 Å². The molecule has 33 heavy (non-hydrogen) atoms. The summed E-state index contributed by atoms with van der Waals surface area (Å²) < 4.78 is 27.7. The topological polar surface area (TPSA) is 23.8 Å². The van der Waals surface area contributed by atoms with E-state index in [0.29, 0.717) is 17.9 Å². The summed E-state index contributed by atoms with van der Waals surface area (Å²) in [6.07, 6.45) is 24.1. The molecule has 2 aliphatic carbocycles. The van der Waals surface area contributed by atoms with Gasteiger partial charge in [-0.1, -0.05) is 84.0 Å². The van der Waals surface area contributed by atoms with E-state index in [4.69, 9.17) is 5.26 Å². The lowest BCUT2D eigenvalue weighted by Crippen LogP contribution is -2.26. The van der Waals surface area contributed by atoms with Gasteiger partial charge in [0.1, 0.15) is 23.3 Å². The van der Waals surface area contributed by atoms with Crippen LogP contribution < -0.4 is 0 Å². The Labute approximate surface area is 201 Å². The van der Waals surface area contributed by atoms with Gasteiger partial charge in [-0.3, -0.25) is 0 Å². The highest BCUT2D eigenvalue weighted by atomic mass is 19.1. The Morgan fingerprint density at radius 2 is 1.21 bits per heavy atom. The van der Waals surface area contributed by atoms with Gasteiger partial charge in [-0.05, 0) is 79.9 Å². The fourth-order valence-electron chi connectivity index (χ4n) is 6.53. The van der Waals surface area contributed by atoms with Crippen LogP contribution in [0.1, 0.15) is 127 Å². The third-order valence-electron chi connectivity index (χ3n) is 8.72. The van der Waals surface area contributed by atoms with Crippen molar-refractivity contribution < 1.29 is 8.78 Å². The zero-order valence-corrected chi connectivity index (χ0v) is 20.9. The third-order valence-corrected chi connectivity index (χ3v) is 8.72. The summed E-state index contributed by atoms with van der Waals surface area (Å²) in [6, 6.07) is 4.30. The lowest BCUT2D eigenvalue weighted by molar-refractivity contribution is 0.140. The minimum absolute atomic E-state index is 0.462. The molecule has 0 spiro atoms. The molecule has 2 fully saturated rings. The van der Waals surface area contributed by atoms with Crippen LogP contribution in [0.4, 0.5) is 8.78 Å². The number of hydrogen-bond donors (Lipinski definition) is 0. The average molecular weight is 458 g/mol. The SMILES string of the molecule is CCCCCCCCCC1CCC(C2CCC(CCc3cc(F)c(C#N)c(F)c3)CC2)CC1. The van der Waals surface area contributed by atoms with Crippen molar-refractivity contribution in [2.24, 2.45) is 23.7 Å². The highest BCUT2D eigenvalue weighted by Gasteiger charge is 2.30. The lowest BCUT2D eigenvalue weighted by atomic mass is 9.68. The van der Waals surface area contributed by atoms with E-state index >= 15 is 0 Å². The van der Waals surface area contributed by atoms with Crippen molar-refractivity contribution in [3.05, 3.63) is 34.9 Å². The van der Waals surface area contributed by atoms with Crippen molar-refractivity contribution in [3.63, 3.8) is 0 Å². The summed E-state index contributed by atoms with van der Waals surface area (Å²) in [7, 11) is 0. The molecule has 3 rings (SSSR count). The van der Waals surface area contributed by atoms with Gasteiger partial charge in [0.2, 0.25) is 0 Å². The third kappa shape index (κ3) is 8.38. The molecule has 2 saturated carbocycles. The largest absolute Gasteiger partial charge is 0.205 e. The molecular formula is C30H45F2N. The molecule has 0 heterocycles. The summed E-state index contributed by atoms with van der Waals surface area (Å²) in [4.78, 5) is 0. The second kappa shape index (κ2) is 14.1. The van der Waals surface area contributed by atoms with Gasteiger partial charge in [0.05, 0.1) is 0 Å². The molecule has 0 saturated heterocycles. The van der Waals surface area contributed by atoms with Gasteiger partial charge in [-0.2, -0.15) is 5.26 Å². The molecule has 184 valence electrons. The van der Waals surface area contributed by atoms with Crippen LogP contribution in [0.5, 0.6) is 0 Å². The number of halogens is 2. The first kappa shape index (κ1) is 26.2. The fourth-order valence-corrected chi connectivity index (χ4v) is 6.53. The average Bonchev–Trinajstić information content (AvgIpc) is 2.83. The summed E-state index contributed by atoms with van der Waals surface area (Å²) in [5, 5.41) is 8.82. The van der Waals surface area contributed by atoms with Crippen LogP contribution in [-0.4, -0.2) is 0 Å². The molecule has 3 heteroatoms. The smallest absolute Gasteiger partial charge is 0.144 e. The fraction of sp³-hybridized carbons (Fsp3) is 0.767. The Bertz CT molecular complexity index is 713. The molecule has 0 bridgehead atoms. The number of hydrogen-bond acceptors (Lipinski definition) is 1. The minimum atomic E-state index is -0.723. The number of rotatable bonds is 12. The molecule has 0 unspecified atom stereocenters. The molecular weight excluding hydrogens is 412 g/mol. The van der Waals surface area contributed by atoms with Gasteiger partial charge in [0, 0.05) is 0 Å². The first-order chi connectivity index (χ1) is 16.1. The molecule has 2 aliphatic rings. The molecule has 1 aromatic rings. The van der Waals surface area contributed by atoms with Crippen LogP contribution in [0.3, 0.4) is 0 Å². The Balaban J connectivity index is 1.28. The predicted octanol–water partition coefficient (Wildman–Crippen LogP) is 9.52. The van der Waals surface area contributed by atoms with Gasteiger partial charge >= 0.3 is 0 Å². The van der Waals surface area contributed by atoms with E-state index in [2.05, 4.69) is 6.92 Å². The normalized spacial score (nSPS) is 25.6. The van der Waals surface area contributed by atoms with Crippen LogP contribution in [0.15, 0.2) is 12.1 Å². The minimum Gasteiger partial charge on any atom is -0.205 e. The molecule has 0 N–H and O–H groups in total. The predicted molar refractivity (Wildman–Crippen MR) is 133 cm³/mol. The zero-order valence-electron chi connectivity index (χ0n) is 20.9. The lowest BCUT2D eigenvalue weighted by Gasteiger charge is -2.38. The monoisotopic (exact) mass is 457 g/mol. The molecule has 0 radical (unpaired) electrons. The van der Waals surface area contributed by atoms with E-state index in [1.54, 1.807) is 6.07 Å². The summed E-state index contributed by atoms with van der Waals surface area (Å²) in [6.45, 7) is 2.29. The summed E-state index contributed by atoms with van der Waals surface area (Å²) in [5.74, 6) is 2.07. The van der Waals surface area contributed by atoms with Gasteiger partial charge in [-0.15, -0.1) is 0 Å². The first-order valence-corrected chi connectivity index (χ1v) is 14.0. The quantitative estimate of drug-likeness (QED) is 0.287. The van der Waals surface area contributed by atoms with Crippen LogP contribution in [0.25, 0.3) is 0 Å². The maximum Gasteiger partial charge on any atom is 0.144 e. The number of benzene rings is 1. The maximum atomic E-state index is 13.8. The second-order valence-electron chi connectivity index (χ2n) is 11.1. The molecule has 1 nitrogen and oxygen atoms in total. The molecule has 0 aliphatic heterocycles. The zero-order chi connectivity index (χ0) is 23.5. The van der Waals surface area contributed by atoms with Gasteiger partial charge < -0.3 is 0 Å². The Morgan fingerprint density at radius 3 is 1.73 bits per heavy atom. The molecule has 0 atom stereocenters. The number of nitriles is 1. The summed E-state index contributed by atoms with van der Waals surface area (Å²) >= 11 is 0. The van der Waals surface area contributed by atoms with Gasteiger partial charge in [0.25, 0.3) is 0 Å². The Hall–Kier alpha value is -1.43. The van der Waals surface area contributed by atoms with Crippen LogP contribution >= 0.6 is 0 Å². The van der Waals surface area contributed by atoms with Crippen molar-refractivity contribution in [3.8, 4) is 6.07 Å². The van der Waals surface area contributed by atoms with E-state index < -0.39 is 17.2 Å². The van der Waals surface area contributed by atoms with Crippen molar-refractivity contribution in [2.75, 3.05) is 0 Å². The molecule has 1 aromatic carbocycles. The van der Waals surface area contributed by atoms with Crippen LogP contribution in [0, 0.1) is 46.6 Å². The van der Waals surface area contributed by atoms with Gasteiger partial charge in [0.15, 0.2) is 0 Å². The van der Waals surface area contributed by atoms with E-state index in [1.807, 2.05) is 0 Å². The van der Waals surface area contributed by atoms with E-state index in [1.165, 1.54) is 115 Å². The second-order valence-corrected chi connectivity index (χ2v) is 11.1. The highest BCUT2D eigenvalue weighted by Crippen LogP contribution is 2.43. The number of nitrogens with zero attached hydrogens (tertiary/aromatic N) is 1. The number of unbranched alkanes of at least 4 members (excludes halogenated alkanes) is 6. The van der Waals surface area contributed by atoms with Crippen molar-refractivity contribution >= 4 is 0 Å². The first-order valence-electron chi connectivity index (χ1n) is 14.0. The van der Waals surface area contributed by atoms with E-state index in [-0.39, 0.29) is 0 Å². The van der Waals surface area contributed by atoms with Gasteiger partial charge in [-0.25, -0.2) is 8.78 Å². The van der Waals surface area contributed by atoms with Crippen molar-refractivity contribution in [1.82, 2.24) is 0 Å². The Morgan fingerprint density at radius 1 is 0.727 bits per heavy atom. The molecule has 0 aromatic heterocycles. The van der Waals surface area contributed by atoms with Crippen molar-refractivity contribution in [1.29, 1.82) is 5.26 Å². The van der Waals surface area contributed by atoms with Crippen LogP contribution in [0.2, 0.25) is 0 Å². The van der Waals surface area contributed by atoms with E-state index in [0.717, 1.165) is 24.2 Å². The van der Waals surface area contributed by atoms with E-state index in [9.17, 15) is 8.78 Å². The standard InChI is InChI=1S/C30H45F2N/c1-2-3-4-5-6-7-8-9-23-12-16-26(17-13-23)27-18-14-24(15-19-27)10-11-25-20-29(31)28(22-33)30(32)21-25/h20-21,23-24,26-27H,2-19H2,1H3. The highest BCUT2D eigenvalue weighted by molar-refractivity contribution is 5.35. The Kier molecular flexibility index (Phi) is 11.2.